The van der Waals surface area contributed by atoms with Gasteiger partial charge in [0.15, 0.2) is 0 Å². The van der Waals surface area contributed by atoms with Gasteiger partial charge in [-0.25, -0.2) is 8.78 Å². The average Bonchev–Trinajstić information content (AvgIpc) is 3.00. The molecule has 2 nitrogen and oxygen atoms in total. The number of halogens is 2. The van der Waals surface area contributed by atoms with Crippen LogP contribution in [0.15, 0.2) is 18.2 Å². The molecule has 0 spiro atoms. The molecular formula is C12H14F2N2. The molecule has 86 valence electrons. The van der Waals surface area contributed by atoms with Crippen molar-refractivity contribution >= 4 is 5.69 Å². The molecule has 0 radical (unpaired) electrons. The van der Waals surface area contributed by atoms with Crippen LogP contribution >= 0.6 is 0 Å². The fraction of sp³-hybridized carbons (Fsp3) is 0.500. The number of fused-ring (bicyclic) bond motifs is 1. The van der Waals surface area contributed by atoms with E-state index in [4.69, 9.17) is 0 Å². The van der Waals surface area contributed by atoms with Gasteiger partial charge in [0.1, 0.15) is 11.6 Å². The van der Waals surface area contributed by atoms with E-state index in [0.29, 0.717) is 17.8 Å². The number of hydrogen-bond donors (Lipinski definition) is 0. The molecule has 4 heteroatoms. The number of likely N-dealkylation sites (N-methyl/N-ethyl adjacent to an activating group) is 1. The number of piperazine rings is 1. The third-order valence-electron chi connectivity index (χ3n) is 3.60. The van der Waals surface area contributed by atoms with Crippen LogP contribution in [0.1, 0.15) is 6.42 Å². The lowest BCUT2D eigenvalue weighted by molar-refractivity contribution is 0.296. The standard InChI is InChI=1S/C12H14F2N2/c1-15-4-5-16(12-7-11(12)15)10-3-2-8(13)6-9(10)14/h2-3,6,11-12H,4-5,7H2,1H3/t11-,12+/m1/s1. The molecule has 3 rings (SSSR count). The van der Waals surface area contributed by atoms with Crippen LogP contribution in [-0.2, 0) is 0 Å². The van der Waals surface area contributed by atoms with Gasteiger partial charge in [0.2, 0.25) is 0 Å². The zero-order valence-corrected chi connectivity index (χ0v) is 9.16. The first kappa shape index (κ1) is 10.0. The highest BCUT2D eigenvalue weighted by Crippen LogP contribution is 2.39. The molecule has 1 aromatic carbocycles. The summed E-state index contributed by atoms with van der Waals surface area (Å²) in [4.78, 5) is 4.38. The summed E-state index contributed by atoms with van der Waals surface area (Å²) in [5, 5.41) is 0. The highest BCUT2D eigenvalue weighted by molar-refractivity contribution is 5.51. The van der Waals surface area contributed by atoms with Crippen molar-refractivity contribution in [2.75, 3.05) is 25.0 Å². The molecule has 0 aromatic heterocycles. The van der Waals surface area contributed by atoms with E-state index in [2.05, 4.69) is 16.8 Å². The van der Waals surface area contributed by atoms with Crippen LogP contribution in [0.5, 0.6) is 0 Å². The van der Waals surface area contributed by atoms with E-state index in [0.717, 1.165) is 25.6 Å². The summed E-state index contributed by atoms with van der Waals surface area (Å²) < 4.78 is 26.4. The quantitative estimate of drug-likeness (QED) is 0.718. The van der Waals surface area contributed by atoms with Gasteiger partial charge < -0.3 is 4.90 Å². The molecule has 2 fully saturated rings. The Morgan fingerprint density at radius 1 is 1.19 bits per heavy atom. The second kappa shape index (κ2) is 3.42. The lowest BCUT2D eigenvalue weighted by Gasteiger charge is -2.33. The van der Waals surface area contributed by atoms with E-state index in [1.54, 1.807) is 6.07 Å². The van der Waals surface area contributed by atoms with E-state index in [1.165, 1.54) is 6.07 Å². The zero-order chi connectivity index (χ0) is 11.3. The van der Waals surface area contributed by atoms with Gasteiger partial charge in [-0.05, 0) is 25.6 Å². The van der Waals surface area contributed by atoms with E-state index in [1.807, 2.05) is 0 Å². The van der Waals surface area contributed by atoms with Crippen LogP contribution in [0.25, 0.3) is 0 Å². The number of rotatable bonds is 1. The van der Waals surface area contributed by atoms with Gasteiger partial charge in [0, 0.05) is 31.2 Å². The molecule has 2 atom stereocenters. The molecule has 0 amide bonds. The normalized spacial score (nSPS) is 29.1. The highest BCUT2D eigenvalue weighted by atomic mass is 19.1. The van der Waals surface area contributed by atoms with Gasteiger partial charge in [-0.15, -0.1) is 0 Å². The predicted molar refractivity (Wildman–Crippen MR) is 58.5 cm³/mol. The van der Waals surface area contributed by atoms with Crippen molar-refractivity contribution in [2.24, 2.45) is 0 Å². The van der Waals surface area contributed by atoms with Gasteiger partial charge >= 0.3 is 0 Å². The highest BCUT2D eigenvalue weighted by Gasteiger charge is 2.47. The molecule has 0 N–H and O–H groups in total. The van der Waals surface area contributed by atoms with Crippen molar-refractivity contribution in [1.29, 1.82) is 0 Å². The van der Waals surface area contributed by atoms with E-state index >= 15 is 0 Å². The van der Waals surface area contributed by atoms with Crippen molar-refractivity contribution in [3.8, 4) is 0 Å². The van der Waals surface area contributed by atoms with Gasteiger partial charge in [-0.2, -0.15) is 0 Å². The molecular weight excluding hydrogens is 210 g/mol. The summed E-state index contributed by atoms with van der Waals surface area (Å²) in [6.45, 7) is 1.76. The molecule has 1 aromatic rings. The zero-order valence-electron chi connectivity index (χ0n) is 9.16. The molecule has 0 bridgehead atoms. The van der Waals surface area contributed by atoms with Crippen LogP contribution in [0, 0.1) is 11.6 Å². The lowest BCUT2D eigenvalue weighted by atomic mass is 10.2. The molecule has 2 aliphatic rings. The van der Waals surface area contributed by atoms with Gasteiger partial charge in [0.05, 0.1) is 5.69 Å². The first-order chi connectivity index (χ1) is 7.66. The summed E-state index contributed by atoms with van der Waals surface area (Å²) >= 11 is 0. The second-order valence-corrected chi connectivity index (χ2v) is 4.64. The minimum atomic E-state index is -0.511. The Morgan fingerprint density at radius 3 is 2.75 bits per heavy atom. The fourth-order valence-corrected chi connectivity index (χ4v) is 2.59. The average molecular weight is 224 g/mol. The summed E-state index contributed by atoms with van der Waals surface area (Å²) in [7, 11) is 2.10. The topological polar surface area (TPSA) is 6.48 Å². The van der Waals surface area contributed by atoms with Gasteiger partial charge in [-0.1, -0.05) is 0 Å². The van der Waals surface area contributed by atoms with Crippen molar-refractivity contribution in [1.82, 2.24) is 4.90 Å². The van der Waals surface area contributed by atoms with Gasteiger partial charge in [-0.3, -0.25) is 4.90 Å². The molecule has 1 aliphatic heterocycles. The lowest BCUT2D eigenvalue weighted by Crippen LogP contribution is -2.44. The van der Waals surface area contributed by atoms with Crippen LogP contribution in [0.3, 0.4) is 0 Å². The van der Waals surface area contributed by atoms with Crippen molar-refractivity contribution in [3.63, 3.8) is 0 Å². The van der Waals surface area contributed by atoms with Gasteiger partial charge in [0.25, 0.3) is 0 Å². The molecule has 1 saturated carbocycles. The van der Waals surface area contributed by atoms with E-state index in [-0.39, 0.29) is 0 Å². The summed E-state index contributed by atoms with van der Waals surface area (Å²) in [5.74, 6) is -0.960. The maximum atomic E-state index is 13.6. The SMILES string of the molecule is CN1CCN(c2ccc(F)cc2F)[C@H]2C[C@H]21. The number of hydrogen-bond acceptors (Lipinski definition) is 2. The Hall–Kier alpha value is -1.16. The summed E-state index contributed by atoms with van der Waals surface area (Å²) in [5.41, 5.74) is 0.544. The Balaban J connectivity index is 1.88. The van der Waals surface area contributed by atoms with E-state index < -0.39 is 11.6 Å². The van der Waals surface area contributed by atoms with Crippen molar-refractivity contribution < 1.29 is 8.78 Å². The molecule has 16 heavy (non-hydrogen) atoms. The maximum absolute atomic E-state index is 13.6. The minimum absolute atomic E-state index is 0.415. The number of benzene rings is 1. The first-order valence-corrected chi connectivity index (χ1v) is 5.59. The van der Waals surface area contributed by atoms with E-state index in [9.17, 15) is 8.78 Å². The Morgan fingerprint density at radius 2 is 2.00 bits per heavy atom. The Bertz CT molecular complexity index is 421. The fourth-order valence-electron chi connectivity index (χ4n) is 2.59. The Labute approximate surface area is 93.5 Å². The maximum Gasteiger partial charge on any atom is 0.149 e. The monoisotopic (exact) mass is 224 g/mol. The molecule has 1 aliphatic carbocycles. The molecule has 0 unspecified atom stereocenters. The van der Waals surface area contributed by atoms with Crippen LogP contribution < -0.4 is 4.90 Å². The number of nitrogens with zero attached hydrogens (tertiary/aromatic N) is 2. The first-order valence-electron chi connectivity index (χ1n) is 5.59. The predicted octanol–water partition coefficient (Wildman–Crippen LogP) is 1.86. The number of anilines is 1. The summed E-state index contributed by atoms with van der Waals surface area (Å²) in [6.07, 6.45) is 1.09. The third kappa shape index (κ3) is 1.48. The van der Waals surface area contributed by atoms with Crippen molar-refractivity contribution in [3.05, 3.63) is 29.8 Å². The van der Waals surface area contributed by atoms with Crippen LogP contribution in [-0.4, -0.2) is 37.1 Å². The molecule has 1 saturated heterocycles. The molecule has 1 heterocycles. The van der Waals surface area contributed by atoms with Crippen LogP contribution in [0.2, 0.25) is 0 Å². The Kier molecular flexibility index (Phi) is 2.14. The minimum Gasteiger partial charge on any atom is -0.363 e. The van der Waals surface area contributed by atoms with Crippen molar-refractivity contribution in [2.45, 2.75) is 18.5 Å². The summed E-state index contributed by atoms with van der Waals surface area (Å²) in [6, 6.07) is 4.81. The smallest absolute Gasteiger partial charge is 0.149 e. The largest absolute Gasteiger partial charge is 0.363 e. The van der Waals surface area contributed by atoms with Crippen LogP contribution in [0.4, 0.5) is 14.5 Å². The third-order valence-corrected chi connectivity index (χ3v) is 3.60. The second-order valence-electron chi connectivity index (χ2n) is 4.64.